The van der Waals surface area contributed by atoms with Crippen molar-refractivity contribution >= 4 is 0 Å². The minimum absolute atomic E-state index is 0.486. The Balaban J connectivity index is 2.59. The molecule has 1 aromatic carbocycles. The Kier molecular flexibility index (Phi) is 5.50. The van der Waals surface area contributed by atoms with E-state index in [-0.39, 0.29) is 0 Å². The molecule has 1 rings (SSSR count). The smallest absolute Gasteiger partial charge is 0.0220 e. The van der Waals surface area contributed by atoms with Crippen molar-refractivity contribution in [2.45, 2.75) is 32.2 Å². The third-order valence-electron chi connectivity index (χ3n) is 3.39. The van der Waals surface area contributed by atoms with E-state index in [1.807, 2.05) is 0 Å². The quantitative estimate of drug-likeness (QED) is 0.798. The summed E-state index contributed by atoms with van der Waals surface area (Å²) in [4.78, 5) is 2.33. The highest BCUT2D eigenvalue weighted by Gasteiger charge is 2.16. The lowest BCUT2D eigenvalue weighted by atomic mass is 9.93. The van der Waals surface area contributed by atoms with Crippen LogP contribution in [0.2, 0.25) is 0 Å². The molecule has 0 spiro atoms. The first-order chi connectivity index (χ1) is 7.69. The normalized spacial score (nSPS) is 15.1. The number of nitrogens with two attached hydrogens (primary N) is 1. The van der Waals surface area contributed by atoms with E-state index in [9.17, 15) is 0 Å². The summed E-state index contributed by atoms with van der Waals surface area (Å²) in [5, 5.41) is 0. The molecule has 0 aliphatic rings. The standard InChI is InChI=1S/C14H24N2/c1-4-16(3)14(11-15)10-12(2)13-8-6-5-7-9-13/h5-9,12,14H,4,10-11,15H2,1-3H3. The maximum atomic E-state index is 5.83. The Morgan fingerprint density at radius 1 is 1.25 bits per heavy atom. The highest BCUT2D eigenvalue weighted by molar-refractivity contribution is 5.18. The van der Waals surface area contributed by atoms with Gasteiger partial charge in [0.2, 0.25) is 0 Å². The van der Waals surface area contributed by atoms with Gasteiger partial charge >= 0.3 is 0 Å². The van der Waals surface area contributed by atoms with Gasteiger partial charge in [-0.15, -0.1) is 0 Å². The molecule has 90 valence electrons. The number of hydrogen-bond acceptors (Lipinski definition) is 2. The highest BCUT2D eigenvalue weighted by atomic mass is 15.1. The van der Waals surface area contributed by atoms with Gasteiger partial charge in [-0.25, -0.2) is 0 Å². The van der Waals surface area contributed by atoms with Crippen LogP contribution in [0.4, 0.5) is 0 Å². The molecule has 0 saturated heterocycles. The van der Waals surface area contributed by atoms with Crippen molar-refractivity contribution in [2.24, 2.45) is 5.73 Å². The molecule has 0 saturated carbocycles. The van der Waals surface area contributed by atoms with Gasteiger partial charge in [-0.2, -0.15) is 0 Å². The summed E-state index contributed by atoms with van der Waals surface area (Å²) in [5.74, 6) is 0.573. The van der Waals surface area contributed by atoms with E-state index in [1.165, 1.54) is 5.56 Å². The Labute approximate surface area is 99.5 Å². The van der Waals surface area contributed by atoms with Crippen molar-refractivity contribution in [3.05, 3.63) is 35.9 Å². The van der Waals surface area contributed by atoms with Gasteiger partial charge < -0.3 is 10.6 Å². The molecule has 2 atom stereocenters. The Morgan fingerprint density at radius 3 is 2.38 bits per heavy atom. The fourth-order valence-electron chi connectivity index (χ4n) is 2.04. The van der Waals surface area contributed by atoms with Crippen LogP contribution < -0.4 is 5.73 Å². The first kappa shape index (κ1) is 13.2. The lowest BCUT2D eigenvalue weighted by Gasteiger charge is -2.28. The summed E-state index contributed by atoms with van der Waals surface area (Å²) in [6.07, 6.45) is 1.13. The largest absolute Gasteiger partial charge is 0.329 e. The van der Waals surface area contributed by atoms with E-state index in [2.05, 4.69) is 56.1 Å². The second kappa shape index (κ2) is 6.66. The zero-order valence-electron chi connectivity index (χ0n) is 10.7. The van der Waals surface area contributed by atoms with Gasteiger partial charge in [0.15, 0.2) is 0 Å². The van der Waals surface area contributed by atoms with Crippen molar-refractivity contribution < 1.29 is 0 Å². The summed E-state index contributed by atoms with van der Waals surface area (Å²) in [7, 11) is 2.15. The molecule has 0 bridgehead atoms. The van der Waals surface area contributed by atoms with E-state index in [1.54, 1.807) is 0 Å². The summed E-state index contributed by atoms with van der Waals surface area (Å²) < 4.78 is 0. The van der Waals surface area contributed by atoms with Crippen molar-refractivity contribution in [3.8, 4) is 0 Å². The SMILES string of the molecule is CCN(C)C(CN)CC(C)c1ccccc1. The van der Waals surface area contributed by atoms with Crippen LogP contribution in [0.15, 0.2) is 30.3 Å². The van der Waals surface area contributed by atoms with Crippen LogP contribution in [0.3, 0.4) is 0 Å². The zero-order chi connectivity index (χ0) is 12.0. The van der Waals surface area contributed by atoms with E-state index in [4.69, 9.17) is 5.73 Å². The predicted molar refractivity (Wildman–Crippen MR) is 70.6 cm³/mol. The molecule has 2 unspecified atom stereocenters. The minimum atomic E-state index is 0.486. The lowest BCUT2D eigenvalue weighted by molar-refractivity contribution is 0.238. The average molecular weight is 220 g/mol. The number of hydrogen-bond donors (Lipinski definition) is 1. The van der Waals surface area contributed by atoms with Crippen LogP contribution in [-0.2, 0) is 0 Å². The average Bonchev–Trinajstić information content (AvgIpc) is 2.35. The molecule has 0 radical (unpaired) electrons. The maximum Gasteiger partial charge on any atom is 0.0220 e. The van der Waals surface area contributed by atoms with Crippen LogP contribution in [-0.4, -0.2) is 31.1 Å². The predicted octanol–water partition coefficient (Wildman–Crippen LogP) is 2.46. The van der Waals surface area contributed by atoms with Crippen LogP contribution in [0, 0.1) is 0 Å². The van der Waals surface area contributed by atoms with Crippen molar-refractivity contribution in [2.75, 3.05) is 20.1 Å². The Hall–Kier alpha value is -0.860. The van der Waals surface area contributed by atoms with Crippen molar-refractivity contribution in [3.63, 3.8) is 0 Å². The molecule has 2 heteroatoms. The minimum Gasteiger partial charge on any atom is -0.329 e. The Morgan fingerprint density at radius 2 is 1.88 bits per heavy atom. The van der Waals surface area contributed by atoms with Crippen LogP contribution in [0.25, 0.3) is 0 Å². The van der Waals surface area contributed by atoms with Crippen molar-refractivity contribution in [1.82, 2.24) is 4.90 Å². The maximum absolute atomic E-state index is 5.83. The molecule has 2 nitrogen and oxygen atoms in total. The highest BCUT2D eigenvalue weighted by Crippen LogP contribution is 2.21. The molecule has 0 amide bonds. The molecular weight excluding hydrogens is 196 g/mol. The molecular formula is C14H24N2. The van der Waals surface area contributed by atoms with Gasteiger partial charge in [-0.1, -0.05) is 44.2 Å². The van der Waals surface area contributed by atoms with Gasteiger partial charge in [0.1, 0.15) is 0 Å². The molecule has 0 fully saturated rings. The third-order valence-corrected chi connectivity index (χ3v) is 3.39. The number of likely N-dealkylation sites (N-methyl/N-ethyl adjacent to an activating group) is 1. The molecule has 1 aromatic rings. The Bertz CT molecular complexity index is 284. The van der Waals surface area contributed by atoms with Crippen LogP contribution >= 0.6 is 0 Å². The van der Waals surface area contributed by atoms with Crippen molar-refractivity contribution in [1.29, 1.82) is 0 Å². The van der Waals surface area contributed by atoms with Gasteiger partial charge in [0.25, 0.3) is 0 Å². The summed E-state index contributed by atoms with van der Waals surface area (Å²) in [6, 6.07) is 11.2. The van der Waals surface area contributed by atoms with Gasteiger partial charge in [0.05, 0.1) is 0 Å². The van der Waals surface area contributed by atoms with Crippen LogP contribution in [0.1, 0.15) is 31.7 Å². The first-order valence-electron chi connectivity index (χ1n) is 6.14. The van der Waals surface area contributed by atoms with Gasteiger partial charge in [-0.3, -0.25) is 0 Å². The fraction of sp³-hybridized carbons (Fsp3) is 0.571. The molecule has 0 heterocycles. The molecule has 16 heavy (non-hydrogen) atoms. The lowest BCUT2D eigenvalue weighted by Crippen LogP contribution is -2.38. The molecule has 2 N–H and O–H groups in total. The summed E-state index contributed by atoms with van der Waals surface area (Å²) in [5.41, 5.74) is 7.24. The topological polar surface area (TPSA) is 29.3 Å². The van der Waals surface area contributed by atoms with E-state index in [0.717, 1.165) is 19.5 Å². The molecule has 0 aromatic heterocycles. The van der Waals surface area contributed by atoms with Gasteiger partial charge in [0, 0.05) is 12.6 Å². The second-order valence-corrected chi connectivity index (χ2v) is 4.51. The number of nitrogens with zero attached hydrogens (tertiary/aromatic N) is 1. The summed E-state index contributed by atoms with van der Waals surface area (Å²) in [6.45, 7) is 6.25. The summed E-state index contributed by atoms with van der Waals surface area (Å²) >= 11 is 0. The second-order valence-electron chi connectivity index (χ2n) is 4.51. The van der Waals surface area contributed by atoms with Crippen LogP contribution in [0.5, 0.6) is 0 Å². The van der Waals surface area contributed by atoms with E-state index >= 15 is 0 Å². The number of benzene rings is 1. The monoisotopic (exact) mass is 220 g/mol. The molecule has 0 aliphatic heterocycles. The number of rotatable bonds is 6. The third kappa shape index (κ3) is 3.62. The van der Waals surface area contributed by atoms with E-state index in [0.29, 0.717) is 12.0 Å². The fourth-order valence-corrected chi connectivity index (χ4v) is 2.04. The van der Waals surface area contributed by atoms with Gasteiger partial charge in [-0.05, 0) is 31.5 Å². The first-order valence-corrected chi connectivity index (χ1v) is 6.14. The molecule has 0 aliphatic carbocycles. The zero-order valence-corrected chi connectivity index (χ0v) is 10.7. The van der Waals surface area contributed by atoms with E-state index < -0.39 is 0 Å².